The fourth-order valence-corrected chi connectivity index (χ4v) is 1.85. The Morgan fingerprint density at radius 3 is 2.56 bits per heavy atom. The summed E-state index contributed by atoms with van der Waals surface area (Å²) in [5.41, 5.74) is 2.31. The van der Waals surface area contributed by atoms with Gasteiger partial charge in [-0.2, -0.15) is 0 Å². The smallest absolute Gasteiger partial charge is 0.316 e. The molecular formula is C13H14O3. The normalized spacial score (nSPS) is 20.7. The Balaban J connectivity index is 2.02. The number of carbonyl (C=O) groups excluding carboxylic acids is 2. The van der Waals surface area contributed by atoms with Crippen LogP contribution in [0.15, 0.2) is 24.3 Å². The lowest BCUT2D eigenvalue weighted by Gasteiger charge is -2.19. The van der Waals surface area contributed by atoms with E-state index in [1.165, 1.54) is 5.56 Å². The standard InChI is InChI=1S/C13H14O3/c1-9-2-4-10(5-3-9)8-11-6-7-12(14)16-13(11)15/h2-5,11H,6-8H2,1H3. The molecule has 1 aliphatic heterocycles. The maximum absolute atomic E-state index is 11.4. The van der Waals surface area contributed by atoms with Gasteiger partial charge in [-0.1, -0.05) is 29.8 Å². The van der Waals surface area contributed by atoms with E-state index in [-0.39, 0.29) is 11.9 Å². The van der Waals surface area contributed by atoms with Gasteiger partial charge in [-0.15, -0.1) is 0 Å². The minimum Gasteiger partial charge on any atom is -0.393 e. The minimum absolute atomic E-state index is 0.166. The van der Waals surface area contributed by atoms with E-state index in [1.54, 1.807) is 0 Å². The Morgan fingerprint density at radius 2 is 1.94 bits per heavy atom. The number of benzene rings is 1. The monoisotopic (exact) mass is 218 g/mol. The van der Waals surface area contributed by atoms with Crippen molar-refractivity contribution in [1.29, 1.82) is 0 Å². The van der Waals surface area contributed by atoms with Gasteiger partial charge in [-0.3, -0.25) is 9.59 Å². The largest absolute Gasteiger partial charge is 0.393 e. The van der Waals surface area contributed by atoms with Crippen LogP contribution in [0.4, 0.5) is 0 Å². The topological polar surface area (TPSA) is 43.4 Å². The Bertz CT molecular complexity index is 406. The summed E-state index contributed by atoms with van der Waals surface area (Å²) < 4.78 is 4.62. The van der Waals surface area contributed by atoms with Crippen molar-refractivity contribution in [3.05, 3.63) is 35.4 Å². The van der Waals surface area contributed by atoms with Gasteiger partial charge in [0.1, 0.15) is 0 Å². The van der Waals surface area contributed by atoms with Crippen molar-refractivity contribution in [1.82, 2.24) is 0 Å². The molecule has 1 aromatic rings. The molecule has 1 aromatic carbocycles. The Kier molecular flexibility index (Phi) is 3.04. The lowest BCUT2D eigenvalue weighted by molar-refractivity contribution is -0.167. The molecule has 1 saturated heterocycles. The second-order valence-electron chi connectivity index (χ2n) is 4.22. The zero-order valence-corrected chi connectivity index (χ0v) is 9.23. The summed E-state index contributed by atoms with van der Waals surface area (Å²) in [4.78, 5) is 22.3. The fraction of sp³-hybridized carbons (Fsp3) is 0.385. The van der Waals surface area contributed by atoms with Crippen molar-refractivity contribution in [3.63, 3.8) is 0 Å². The van der Waals surface area contributed by atoms with Crippen molar-refractivity contribution in [2.24, 2.45) is 5.92 Å². The Hall–Kier alpha value is -1.64. The minimum atomic E-state index is -0.398. The number of carbonyl (C=O) groups is 2. The van der Waals surface area contributed by atoms with Gasteiger partial charge in [0.25, 0.3) is 0 Å². The second kappa shape index (κ2) is 4.47. The average Bonchev–Trinajstić information content (AvgIpc) is 2.25. The quantitative estimate of drug-likeness (QED) is 0.563. The lowest BCUT2D eigenvalue weighted by Crippen LogP contribution is -2.29. The van der Waals surface area contributed by atoms with Gasteiger partial charge in [0.2, 0.25) is 0 Å². The highest BCUT2D eigenvalue weighted by Crippen LogP contribution is 2.21. The van der Waals surface area contributed by atoms with Gasteiger partial charge in [-0.05, 0) is 25.3 Å². The summed E-state index contributed by atoms with van der Waals surface area (Å²) >= 11 is 0. The highest BCUT2D eigenvalue weighted by atomic mass is 16.6. The molecule has 0 bridgehead atoms. The Labute approximate surface area is 94.4 Å². The van der Waals surface area contributed by atoms with Crippen LogP contribution in [-0.2, 0) is 20.7 Å². The van der Waals surface area contributed by atoms with Gasteiger partial charge in [0.15, 0.2) is 0 Å². The molecule has 1 fully saturated rings. The summed E-state index contributed by atoms with van der Waals surface area (Å²) in [6.45, 7) is 2.03. The number of hydrogen-bond acceptors (Lipinski definition) is 3. The summed E-state index contributed by atoms with van der Waals surface area (Å²) in [5, 5.41) is 0. The zero-order valence-electron chi connectivity index (χ0n) is 9.23. The van der Waals surface area contributed by atoms with E-state index in [0.717, 1.165) is 5.56 Å². The molecule has 1 aliphatic rings. The molecule has 0 N–H and O–H groups in total. The number of hydrogen-bond donors (Lipinski definition) is 0. The molecule has 1 unspecified atom stereocenters. The molecule has 3 nitrogen and oxygen atoms in total. The van der Waals surface area contributed by atoms with Crippen LogP contribution < -0.4 is 0 Å². The van der Waals surface area contributed by atoms with E-state index < -0.39 is 5.97 Å². The van der Waals surface area contributed by atoms with E-state index in [9.17, 15) is 9.59 Å². The molecular weight excluding hydrogens is 204 g/mol. The van der Waals surface area contributed by atoms with Gasteiger partial charge in [0.05, 0.1) is 5.92 Å². The summed E-state index contributed by atoms with van der Waals surface area (Å²) in [5.74, 6) is -0.942. The van der Waals surface area contributed by atoms with Crippen molar-refractivity contribution in [3.8, 4) is 0 Å². The first-order chi connectivity index (χ1) is 7.65. The second-order valence-corrected chi connectivity index (χ2v) is 4.22. The van der Waals surface area contributed by atoms with Crippen LogP contribution in [0.5, 0.6) is 0 Å². The Morgan fingerprint density at radius 1 is 1.25 bits per heavy atom. The predicted octanol–water partition coefficient (Wildman–Crippen LogP) is 2.02. The molecule has 3 heteroatoms. The molecule has 0 aromatic heterocycles. The maximum Gasteiger partial charge on any atom is 0.316 e. The van der Waals surface area contributed by atoms with Crippen molar-refractivity contribution < 1.29 is 14.3 Å². The average molecular weight is 218 g/mol. The van der Waals surface area contributed by atoms with Crippen LogP contribution in [0, 0.1) is 12.8 Å². The van der Waals surface area contributed by atoms with E-state index in [4.69, 9.17) is 0 Å². The first kappa shape index (κ1) is 10.9. The van der Waals surface area contributed by atoms with Crippen molar-refractivity contribution in [2.45, 2.75) is 26.2 Å². The van der Waals surface area contributed by atoms with Crippen LogP contribution in [0.2, 0.25) is 0 Å². The highest BCUT2D eigenvalue weighted by Gasteiger charge is 2.28. The summed E-state index contributed by atoms with van der Waals surface area (Å²) in [6, 6.07) is 8.07. The van der Waals surface area contributed by atoms with Crippen molar-refractivity contribution in [2.75, 3.05) is 0 Å². The molecule has 16 heavy (non-hydrogen) atoms. The van der Waals surface area contributed by atoms with E-state index in [1.807, 2.05) is 31.2 Å². The fourth-order valence-electron chi connectivity index (χ4n) is 1.85. The number of cyclic esters (lactones) is 2. The lowest BCUT2D eigenvalue weighted by atomic mass is 9.93. The molecule has 0 amide bonds. The molecule has 1 heterocycles. The molecule has 1 atom stereocenters. The van der Waals surface area contributed by atoms with Crippen LogP contribution in [-0.4, -0.2) is 11.9 Å². The molecule has 0 saturated carbocycles. The molecule has 84 valence electrons. The molecule has 0 aliphatic carbocycles. The van der Waals surface area contributed by atoms with Gasteiger partial charge < -0.3 is 4.74 Å². The third-order valence-corrected chi connectivity index (χ3v) is 2.85. The maximum atomic E-state index is 11.4. The number of ether oxygens (including phenoxy) is 1. The summed E-state index contributed by atoms with van der Waals surface area (Å²) in [6.07, 6.45) is 1.61. The van der Waals surface area contributed by atoms with Crippen molar-refractivity contribution >= 4 is 11.9 Å². The van der Waals surface area contributed by atoms with Crippen LogP contribution in [0.3, 0.4) is 0 Å². The third kappa shape index (κ3) is 2.48. The number of aryl methyl sites for hydroxylation is 1. The highest BCUT2D eigenvalue weighted by molar-refractivity contribution is 5.89. The van der Waals surface area contributed by atoms with Gasteiger partial charge >= 0.3 is 11.9 Å². The SMILES string of the molecule is Cc1ccc(CC2CCC(=O)OC2=O)cc1. The zero-order chi connectivity index (χ0) is 11.5. The molecule has 0 spiro atoms. The van der Waals surface area contributed by atoms with E-state index in [0.29, 0.717) is 19.3 Å². The molecule has 2 rings (SSSR count). The first-order valence-electron chi connectivity index (χ1n) is 5.45. The van der Waals surface area contributed by atoms with E-state index >= 15 is 0 Å². The number of esters is 2. The van der Waals surface area contributed by atoms with Crippen LogP contribution in [0.25, 0.3) is 0 Å². The first-order valence-corrected chi connectivity index (χ1v) is 5.45. The summed E-state index contributed by atoms with van der Waals surface area (Å²) in [7, 11) is 0. The predicted molar refractivity (Wildman–Crippen MR) is 58.7 cm³/mol. The van der Waals surface area contributed by atoms with E-state index in [2.05, 4.69) is 4.74 Å². The molecule has 0 radical (unpaired) electrons. The number of rotatable bonds is 2. The van der Waals surface area contributed by atoms with Gasteiger partial charge in [-0.25, -0.2) is 0 Å². The van der Waals surface area contributed by atoms with Gasteiger partial charge in [0, 0.05) is 6.42 Å². The van der Waals surface area contributed by atoms with Crippen LogP contribution >= 0.6 is 0 Å². The van der Waals surface area contributed by atoms with Crippen LogP contribution in [0.1, 0.15) is 24.0 Å². The third-order valence-electron chi connectivity index (χ3n) is 2.85.